The second-order valence-corrected chi connectivity index (χ2v) is 7.76. The number of nitrogens with one attached hydrogen (secondary N) is 2. The summed E-state index contributed by atoms with van der Waals surface area (Å²) in [7, 11) is 0. The lowest BCUT2D eigenvalue weighted by Gasteiger charge is -2.20. The SMILES string of the molecule is CC(C)C(=O)[C@H](C)NC(=O)[C@H](C)NC(=O)CCN1C(=O)CC(C(C)C)C1=O. The molecule has 1 heterocycles. The number of carbonyl (C=O) groups excluding carboxylic acids is 5. The Morgan fingerprint density at radius 2 is 1.59 bits per heavy atom. The molecule has 1 aliphatic rings. The van der Waals surface area contributed by atoms with Gasteiger partial charge in [0.25, 0.3) is 0 Å². The van der Waals surface area contributed by atoms with E-state index in [0.717, 1.165) is 4.90 Å². The predicted molar refractivity (Wildman–Crippen MR) is 99.3 cm³/mol. The van der Waals surface area contributed by atoms with E-state index < -0.39 is 23.9 Å². The Kier molecular flexibility index (Phi) is 8.12. The normalized spacial score (nSPS) is 19.4. The van der Waals surface area contributed by atoms with Crippen molar-refractivity contribution in [1.29, 1.82) is 0 Å². The number of ketones is 1. The van der Waals surface area contributed by atoms with Crippen LogP contribution in [0.5, 0.6) is 0 Å². The highest BCUT2D eigenvalue weighted by atomic mass is 16.2. The van der Waals surface area contributed by atoms with E-state index in [-0.39, 0.29) is 54.7 Å². The number of hydrogen-bond donors (Lipinski definition) is 2. The smallest absolute Gasteiger partial charge is 0.242 e. The van der Waals surface area contributed by atoms with Crippen LogP contribution < -0.4 is 10.6 Å². The molecule has 27 heavy (non-hydrogen) atoms. The van der Waals surface area contributed by atoms with Gasteiger partial charge in [-0.1, -0.05) is 27.7 Å². The minimum atomic E-state index is -0.826. The number of rotatable bonds is 9. The molecule has 4 amide bonds. The summed E-state index contributed by atoms with van der Waals surface area (Å²) in [5.41, 5.74) is 0. The molecule has 152 valence electrons. The number of nitrogens with zero attached hydrogens (tertiary/aromatic N) is 1. The summed E-state index contributed by atoms with van der Waals surface area (Å²) >= 11 is 0. The van der Waals surface area contributed by atoms with Gasteiger partial charge in [0.1, 0.15) is 6.04 Å². The highest BCUT2D eigenvalue weighted by Crippen LogP contribution is 2.26. The van der Waals surface area contributed by atoms with Crippen LogP contribution in [0, 0.1) is 17.8 Å². The van der Waals surface area contributed by atoms with E-state index in [2.05, 4.69) is 10.6 Å². The number of likely N-dealkylation sites (tertiary alicyclic amines) is 1. The van der Waals surface area contributed by atoms with E-state index in [0.29, 0.717) is 0 Å². The molecule has 1 fully saturated rings. The van der Waals surface area contributed by atoms with Crippen molar-refractivity contribution in [3.05, 3.63) is 0 Å². The molecule has 0 spiro atoms. The molecule has 1 aliphatic heterocycles. The Hall–Kier alpha value is -2.25. The predicted octanol–water partition coefficient (Wildman–Crippen LogP) is 0.642. The molecule has 3 atom stereocenters. The van der Waals surface area contributed by atoms with Crippen molar-refractivity contribution < 1.29 is 24.0 Å². The Bertz CT molecular complexity index is 614. The maximum Gasteiger partial charge on any atom is 0.242 e. The van der Waals surface area contributed by atoms with Gasteiger partial charge in [0, 0.05) is 31.2 Å². The lowest BCUT2D eigenvalue weighted by molar-refractivity contribution is -0.140. The maximum absolute atomic E-state index is 12.2. The fourth-order valence-electron chi connectivity index (χ4n) is 2.97. The molecule has 8 heteroatoms. The quantitative estimate of drug-likeness (QED) is 0.569. The summed E-state index contributed by atoms with van der Waals surface area (Å²) in [5, 5.41) is 5.10. The average Bonchev–Trinajstić information content (AvgIpc) is 2.86. The van der Waals surface area contributed by atoms with Crippen LogP contribution in [-0.4, -0.2) is 52.9 Å². The molecule has 8 nitrogen and oxygen atoms in total. The molecule has 1 unspecified atom stereocenters. The molecule has 0 bridgehead atoms. The van der Waals surface area contributed by atoms with Crippen molar-refractivity contribution in [3.8, 4) is 0 Å². The average molecular weight is 381 g/mol. The van der Waals surface area contributed by atoms with Crippen LogP contribution in [0.25, 0.3) is 0 Å². The second-order valence-electron chi connectivity index (χ2n) is 7.76. The van der Waals surface area contributed by atoms with E-state index >= 15 is 0 Å². The maximum atomic E-state index is 12.2. The van der Waals surface area contributed by atoms with Crippen LogP contribution in [0.4, 0.5) is 0 Å². The molecular weight excluding hydrogens is 350 g/mol. The standard InChI is InChI=1S/C19H31N3O5/c1-10(2)14-9-16(24)22(19(14)27)8-7-15(23)20-13(6)18(26)21-12(5)17(25)11(3)4/h10-14H,7-9H2,1-6H3,(H,20,23)(H,21,26)/t12-,13-,14?/m0/s1. The molecule has 0 aromatic heterocycles. The molecule has 2 N–H and O–H groups in total. The molecule has 0 aromatic rings. The van der Waals surface area contributed by atoms with Gasteiger partial charge in [0.15, 0.2) is 5.78 Å². The molecular formula is C19H31N3O5. The van der Waals surface area contributed by atoms with Gasteiger partial charge >= 0.3 is 0 Å². The Morgan fingerprint density at radius 1 is 1.00 bits per heavy atom. The first-order chi connectivity index (χ1) is 12.5. The zero-order chi connectivity index (χ0) is 20.9. The van der Waals surface area contributed by atoms with Gasteiger partial charge < -0.3 is 10.6 Å². The molecule has 0 saturated carbocycles. The summed E-state index contributed by atoms with van der Waals surface area (Å²) < 4.78 is 0. The lowest BCUT2D eigenvalue weighted by Crippen LogP contribution is -2.50. The van der Waals surface area contributed by atoms with Crippen LogP contribution in [0.15, 0.2) is 0 Å². The van der Waals surface area contributed by atoms with Gasteiger partial charge in [-0.3, -0.25) is 28.9 Å². The molecule has 0 aliphatic carbocycles. The molecule has 1 saturated heterocycles. The van der Waals surface area contributed by atoms with Crippen molar-refractivity contribution >= 4 is 29.4 Å². The fourth-order valence-corrected chi connectivity index (χ4v) is 2.97. The topological polar surface area (TPSA) is 113 Å². The van der Waals surface area contributed by atoms with Gasteiger partial charge in [-0.15, -0.1) is 0 Å². The summed E-state index contributed by atoms with van der Waals surface area (Å²) in [6.07, 6.45) is 0.110. The number of carbonyl (C=O) groups is 5. The first-order valence-electron chi connectivity index (χ1n) is 9.43. The first kappa shape index (κ1) is 22.8. The molecule has 1 rings (SSSR count). The Balaban J connectivity index is 2.48. The van der Waals surface area contributed by atoms with E-state index in [9.17, 15) is 24.0 Å². The van der Waals surface area contributed by atoms with Crippen LogP contribution in [0.3, 0.4) is 0 Å². The third-order valence-corrected chi connectivity index (χ3v) is 4.77. The zero-order valence-corrected chi connectivity index (χ0v) is 17.0. The number of imide groups is 1. The van der Waals surface area contributed by atoms with Crippen molar-refractivity contribution in [2.75, 3.05) is 6.54 Å². The largest absolute Gasteiger partial charge is 0.345 e. The molecule has 0 radical (unpaired) electrons. The molecule has 0 aromatic carbocycles. The second kappa shape index (κ2) is 9.62. The van der Waals surface area contributed by atoms with Crippen molar-refractivity contribution in [2.45, 2.75) is 66.5 Å². The highest BCUT2D eigenvalue weighted by molar-refractivity contribution is 6.04. The van der Waals surface area contributed by atoms with Crippen LogP contribution in [0.2, 0.25) is 0 Å². The fraction of sp³-hybridized carbons (Fsp3) is 0.737. The van der Waals surface area contributed by atoms with Gasteiger partial charge in [-0.05, 0) is 19.8 Å². The van der Waals surface area contributed by atoms with Gasteiger partial charge in [0.2, 0.25) is 23.6 Å². The number of amides is 4. The van der Waals surface area contributed by atoms with Crippen molar-refractivity contribution in [3.63, 3.8) is 0 Å². The van der Waals surface area contributed by atoms with E-state index in [1.54, 1.807) is 20.8 Å². The third kappa shape index (κ3) is 6.15. The van der Waals surface area contributed by atoms with Gasteiger partial charge in [-0.2, -0.15) is 0 Å². The first-order valence-corrected chi connectivity index (χ1v) is 9.43. The summed E-state index contributed by atoms with van der Waals surface area (Å²) in [5.74, 6) is -1.95. The van der Waals surface area contributed by atoms with Gasteiger partial charge in [-0.25, -0.2) is 0 Å². The summed E-state index contributed by atoms with van der Waals surface area (Å²) in [6.45, 7) is 10.4. The lowest BCUT2D eigenvalue weighted by atomic mass is 9.94. The van der Waals surface area contributed by atoms with Crippen molar-refractivity contribution in [1.82, 2.24) is 15.5 Å². The van der Waals surface area contributed by atoms with Crippen LogP contribution in [0.1, 0.15) is 54.4 Å². The minimum Gasteiger partial charge on any atom is -0.345 e. The van der Waals surface area contributed by atoms with Crippen molar-refractivity contribution in [2.24, 2.45) is 17.8 Å². The zero-order valence-electron chi connectivity index (χ0n) is 17.0. The summed E-state index contributed by atoms with van der Waals surface area (Å²) in [6, 6.07) is -1.46. The van der Waals surface area contributed by atoms with E-state index in [1.807, 2.05) is 13.8 Å². The monoisotopic (exact) mass is 381 g/mol. The van der Waals surface area contributed by atoms with Gasteiger partial charge in [0.05, 0.1) is 6.04 Å². The van der Waals surface area contributed by atoms with Crippen LogP contribution >= 0.6 is 0 Å². The van der Waals surface area contributed by atoms with Crippen LogP contribution in [-0.2, 0) is 24.0 Å². The van der Waals surface area contributed by atoms with E-state index in [4.69, 9.17) is 0 Å². The third-order valence-electron chi connectivity index (χ3n) is 4.77. The van der Waals surface area contributed by atoms with E-state index in [1.165, 1.54) is 6.92 Å². The highest BCUT2D eigenvalue weighted by Gasteiger charge is 2.39. The number of hydrogen-bond acceptors (Lipinski definition) is 5. The number of Topliss-reactive ketones (excluding diaryl/α,β-unsaturated/α-hetero) is 1. The Morgan fingerprint density at radius 3 is 2.07 bits per heavy atom. The minimum absolute atomic E-state index is 0.00327. The summed E-state index contributed by atoms with van der Waals surface area (Å²) in [4.78, 5) is 61.3. The Labute approximate surface area is 160 Å².